The summed E-state index contributed by atoms with van der Waals surface area (Å²) < 4.78 is 0. The number of amides is 1. The molecule has 1 atom stereocenters. The maximum atomic E-state index is 12.8. The topological polar surface area (TPSA) is 57.6 Å². The highest BCUT2D eigenvalue weighted by Crippen LogP contribution is 2.30. The van der Waals surface area contributed by atoms with Crippen LogP contribution >= 0.6 is 23.4 Å². The molecule has 1 amide bonds. The second-order valence-corrected chi connectivity index (χ2v) is 7.50. The number of aromatic carboxylic acids is 1. The Hall–Kier alpha value is -1.98. The standard InChI is InChI=1S/C19H18ClNO3S/c20-16-6-4-14(5-7-16)17-12-25-9-8-21(17)18(22)11-13-2-1-3-15(10-13)19(23)24/h1-7,10,17H,8-9,11-12H2,(H,23,24). The highest BCUT2D eigenvalue weighted by atomic mass is 35.5. The van der Waals surface area contributed by atoms with Crippen LogP contribution in [0.25, 0.3) is 0 Å². The number of carboxylic acid groups (broad SMARTS) is 1. The maximum Gasteiger partial charge on any atom is 0.335 e. The Kier molecular flexibility index (Phi) is 5.66. The van der Waals surface area contributed by atoms with E-state index in [1.807, 2.05) is 40.9 Å². The molecule has 1 fully saturated rings. The summed E-state index contributed by atoms with van der Waals surface area (Å²) in [5.74, 6) is 0.790. The number of carbonyl (C=O) groups excluding carboxylic acids is 1. The lowest BCUT2D eigenvalue weighted by Gasteiger charge is -2.36. The molecule has 0 spiro atoms. The summed E-state index contributed by atoms with van der Waals surface area (Å²) in [6.45, 7) is 0.690. The van der Waals surface area contributed by atoms with Gasteiger partial charge in [0, 0.05) is 23.1 Å². The molecular formula is C19H18ClNO3S. The lowest BCUT2D eigenvalue weighted by molar-refractivity contribution is -0.132. The second kappa shape index (κ2) is 7.93. The Labute approximate surface area is 155 Å². The van der Waals surface area contributed by atoms with Crippen LogP contribution in [0.4, 0.5) is 0 Å². The van der Waals surface area contributed by atoms with Crippen molar-refractivity contribution in [2.75, 3.05) is 18.1 Å². The predicted octanol–water partition coefficient (Wildman–Crippen LogP) is 3.90. The van der Waals surface area contributed by atoms with E-state index in [4.69, 9.17) is 16.7 Å². The zero-order chi connectivity index (χ0) is 17.8. The molecule has 2 aromatic carbocycles. The third-order valence-corrected chi connectivity index (χ3v) is 5.51. The van der Waals surface area contributed by atoms with Crippen LogP contribution in [0.1, 0.15) is 27.5 Å². The van der Waals surface area contributed by atoms with Crippen molar-refractivity contribution < 1.29 is 14.7 Å². The molecule has 6 heteroatoms. The highest BCUT2D eigenvalue weighted by molar-refractivity contribution is 7.99. The van der Waals surface area contributed by atoms with Crippen LogP contribution in [0.15, 0.2) is 48.5 Å². The minimum atomic E-state index is -0.984. The highest BCUT2D eigenvalue weighted by Gasteiger charge is 2.28. The molecule has 1 aliphatic heterocycles. The third kappa shape index (κ3) is 4.35. The Morgan fingerprint density at radius 3 is 2.68 bits per heavy atom. The van der Waals surface area contributed by atoms with Crippen molar-refractivity contribution in [3.63, 3.8) is 0 Å². The van der Waals surface area contributed by atoms with E-state index in [1.54, 1.807) is 18.2 Å². The Bertz CT molecular complexity index is 778. The van der Waals surface area contributed by atoms with Gasteiger partial charge in [0.25, 0.3) is 0 Å². The fourth-order valence-electron chi connectivity index (χ4n) is 2.95. The van der Waals surface area contributed by atoms with Crippen LogP contribution < -0.4 is 0 Å². The molecule has 1 unspecified atom stereocenters. The molecule has 0 aromatic heterocycles. The van der Waals surface area contributed by atoms with Gasteiger partial charge < -0.3 is 10.0 Å². The number of hydrogen-bond donors (Lipinski definition) is 1. The number of carbonyl (C=O) groups is 2. The van der Waals surface area contributed by atoms with E-state index >= 15 is 0 Å². The van der Waals surface area contributed by atoms with Crippen molar-refractivity contribution in [2.45, 2.75) is 12.5 Å². The molecule has 130 valence electrons. The average Bonchev–Trinajstić information content (AvgIpc) is 2.62. The summed E-state index contributed by atoms with van der Waals surface area (Å²) >= 11 is 7.79. The summed E-state index contributed by atoms with van der Waals surface area (Å²) in [5.41, 5.74) is 2.00. The van der Waals surface area contributed by atoms with E-state index in [1.165, 1.54) is 6.07 Å². The first-order valence-electron chi connectivity index (χ1n) is 7.99. The molecular weight excluding hydrogens is 358 g/mol. The molecule has 1 aliphatic rings. The van der Waals surface area contributed by atoms with Crippen molar-refractivity contribution in [2.24, 2.45) is 0 Å². The van der Waals surface area contributed by atoms with E-state index in [2.05, 4.69) is 0 Å². The first kappa shape index (κ1) is 17.8. The van der Waals surface area contributed by atoms with Crippen LogP contribution in [0, 0.1) is 0 Å². The van der Waals surface area contributed by atoms with Crippen molar-refractivity contribution in [1.82, 2.24) is 4.90 Å². The van der Waals surface area contributed by atoms with Gasteiger partial charge >= 0.3 is 5.97 Å². The van der Waals surface area contributed by atoms with Gasteiger partial charge in [-0.15, -0.1) is 0 Å². The van der Waals surface area contributed by atoms with Crippen molar-refractivity contribution in [1.29, 1.82) is 0 Å². The molecule has 0 radical (unpaired) electrons. The van der Waals surface area contributed by atoms with Crippen molar-refractivity contribution in [3.8, 4) is 0 Å². The van der Waals surface area contributed by atoms with Gasteiger partial charge in [-0.3, -0.25) is 4.79 Å². The van der Waals surface area contributed by atoms with Gasteiger partial charge in [0.05, 0.1) is 18.0 Å². The largest absolute Gasteiger partial charge is 0.478 e. The number of hydrogen-bond acceptors (Lipinski definition) is 3. The first-order chi connectivity index (χ1) is 12.0. The molecule has 0 bridgehead atoms. The van der Waals surface area contributed by atoms with Gasteiger partial charge in [-0.2, -0.15) is 11.8 Å². The van der Waals surface area contributed by atoms with E-state index < -0.39 is 5.97 Å². The number of carboxylic acids is 1. The molecule has 1 N–H and O–H groups in total. The smallest absolute Gasteiger partial charge is 0.335 e. The van der Waals surface area contributed by atoms with Gasteiger partial charge in [0.15, 0.2) is 0 Å². The van der Waals surface area contributed by atoms with E-state index in [0.717, 1.165) is 22.6 Å². The molecule has 3 rings (SSSR count). The lowest BCUT2D eigenvalue weighted by atomic mass is 10.0. The van der Waals surface area contributed by atoms with Gasteiger partial charge in [-0.25, -0.2) is 4.79 Å². The number of halogens is 1. The normalized spacial score (nSPS) is 17.3. The lowest BCUT2D eigenvalue weighted by Crippen LogP contribution is -2.41. The van der Waals surface area contributed by atoms with Crippen LogP contribution in [0.5, 0.6) is 0 Å². The zero-order valence-electron chi connectivity index (χ0n) is 13.5. The van der Waals surface area contributed by atoms with Gasteiger partial charge in [-0.1, -0.05) is 35.9 Å². The molecule has 0 saturated carbocycles. The number of benzene rings is 2. The molecule has 1 heterocycles. The zero-order valence-corrected chi connectivity index (χ0v) is 15.1. The maximum absolute atomic E-state index is 12.8. The van der Waals surface area contributed by atoms with E-state index in [0.29, 0.717) is 11.6 Å². The second-order valence-electron chi connectivity index (χ2n) is 5.91. The van der Waals surface area contributed by atoms with E-state index in [9.17, 15) is 9.59 Å². The first-order valence-corrected chi connectivity index (χ1v) is 9.53. The van der Waals surface area contributed by atoms with Crippen LogP contribution in [-0.4, -0.2) is 39.9 Å². The summed E-state index contributed by atoms with van der Waals surface area (Å²) in [6.07, 6.45) is 0.204. The Morgan fingerprint density at radius 1 is 1.20 bits per heavy atom. The fourth-order valence-corrected chi connectivity index (χ4v) is 4.17. The van der Waals surface area contributed by atoms with Crippen LogP contribution in [0.3, 0.4) is 0 Å². The number of thioether (sulfide) groups is 1. The Balaban J connectivity index is 1.78. The molecule has 2 aromatic rings. The van der Waals surface area contributed by atoms with Crippen LogP contribution in [-0.2, 0) is 11.2 Å². The van der Waals surface area contributed by atoms with Crippen molar-refractivity contribution in [3.05, 3.63) is 70.2 Å². The molecule has 0 aliphatic carbocycles. The summed E-state index contributed by atoms with van der Waals surface area (Å²) in [4.78, 5) is 25.8. The average molecular weight is 376 g/mol. The molecule has 25 heavy (non-hydrogen) atoms. The summed E-state index contributed by atoms with van der Waals surface area (Å²) in [5, 5.41) is 9.77. The number of rotatable bonds is 4. The van der Waals surface area contributed by atoms with E-state index in [-0.39, 0.29) is 23.9 Å². The van der Waals surface area contributed by atoms with Gasteiger partial charge in [-0.05, 0) is 35.4 Å². The quantitative estimate of drug-likeness (QED) is 0.880. The predicted molar refractivity (Wildman–Crippen MR) is 100 cm³/mol. The van der Waals surface area contributed by atoms with Gasteiger partial charge in [0.1, 0.15) is 0 Å². The minimum Gasteiger partial charge on any atom is -0.478 e. The summed E-state index contributed by atoms with van der Waals surface area (Å²) in [6, 6.07) is 14.2. The summed E-state index contributed by atoms with van der Waals surface area (Å²) in [7, 11) is 0. The molecule has 1 saturated heterocycles. The SMILES string of the molecule is O=C(O)c1cccc(CC(=O)N2CCSCC2c2ccc(Cl)cc2)c1. The third-order valence-electron chi connectivity index (χ3n) is 4.23. The fraction of sp³-hybridized carbons (Fsp3) is 0.263. The monoisotopic (exact) mass is 375 g/mol. The van der Waals surface area contributed by atoms with Crippen molar-refractivity contribution >= 4 is 35.2 Å². The molecule has 4 nitrogen and oxygen atoms in total. The Morgan fingerprint density at radius 2 is 1.96 bits per heavy atom. The number of nitrogens with zero attached hydrogens (tertiary/aromatic N) is 1. The van der Waals surface area contributed by atoms with Gasteiger partial charge in [0.2, 0.25) is 5.91 Å². The van der Waals surface area contributed by atoms with Crippen LogP contribution in [0.2, 0.25) is 5.02 Å². The minimum absolute atomic E-state index is 0.0165.